The van der Waals surface area contributed by atoms with Crippen LogP contribution in [0.1, 0.15) is 17.2 Å². The number of aliphatic hydroxyl groups is 1. The van der Waals surface area contributed by atoms with Crippen LogP contribution in [0.2, 0.25) is 5.02 Å². The number of aryl methyl sites for hydroxylation is 1. The van der Waals surface area contributed by atoms with Crippen LogP contribution in [0.4, 0.5) is 11.4 Å². The predicted molar refractivity (Wildman–Crippen MR) is 155 cm³/mol. The average molecular weight is 549 g/mol. The van der Waals surface area contributed by atoms with E-state index in [4.69, 9.17) is 21.3 Å². The van der Waals surface area contributed by atoms with E-state index in [1.54, 1.807) is 37.6 Å². The number of likely N-dealkylation sites (tertiary alicyclic amines) is 1. The normalized spacial score (nSPS) is 17.3. The van der Waals surface area contributed by atoms with E-state index in [-0.39, 0.29) is 12.1 Å². The van der Waals surface area contributed by atoms with Gasteiger partial charge in [0.2, 0.25) is 0 Å². The van der Waals surface area contributed by atoms with Gasteiger partial charge in [0.25, 0.3) is 5.56 Å². The fraction of sp³-hybridized carbons (Fsp3) is 0.379. The van der Waals surface area contributed by atoms with Gasteiger partial charge in [-0.2, -0.15) is 0 Å². The summed E-state index contributed by atoms with van der Waals surface area (Å²) < 4.78 is 5.20. The number of imidazole rings is 1. The molecule has 9 nitrogen and oxygen atoms in total. The van der Waals surface area contributed by atoms with Crippen molar-refractivity contribution < 1.29 is 9.84 Å². The van der Waals surface area contributed by atoms with Crippen molar-refractivity contribution in [3.05, 3.63) is 75.2 Å². The van der Waals surface area contributed by atoms with E-state index in [9.17, 15) is 9.90 Å². The molecule has 0 radical (unpaired) electrons. The maximum absolute atomic E-state index is 12.9. The first-order valence-corrected chi connectivity index (χ1v) is 13.6. The molecule has 2 saturated heterocycles. The van der Waals surface area contributed by atoms with E-state index in [2.05, 4.69) is 44.1 Å². The Balaban J connectivity index is 1.20. The number of H-pyrrole nitrogens is 2. The van der Waals surface area contributed by atoms with Crippen molar-refractivity contribution in [1.82, 2.24) is 19.9 Å². The second-order valence-electron chi connectivity index (χ2n) is 10.9. The highest BCUT2D eigenvalue weighted by molar-refractivity contribution is 6.30. The van der Waals surface area contributed by atoms with Gasteiger partial charge in [0, 0.05) is 68.7 Å². The summed E-state index contributed by atoms with van der Waals surface area (Å²) in [5.74, 6) is 0.486. The van der Waals surface area contributed by atoms with Crippen molar-refractivity contribution >= 4 is 34.0 Å². The van der Waals surface area contributed by atoms with Crippen LogP contribution in [0, 0.1) is 12.3 Å². The van der Waals surface area contributed by atoms with Gasteiger partial charge in [0.05, 0.1) is 29.4 Å². The molecule has 39 heavy (non-hydrogen) atoms. The number of rotatable bonds is 9. The molecule has 2 aromatic heterocycles. The number of aromatic amines is 2. The van der Waals surface area contributed by atoms with E-state index in [0.717, 1.165) is 55.9 Å². The third-order valence-corrected chi connectivity index (χ3v) is 8.06. The van der Waals surface area contributed by atoms with Crippen molar-refractivity contribution in [2.75, 3.05) is 63.2 Å². The number of halogens is 1. The molecule has 2 aliphatic heterocycles. The van der Waals surface area contributed by atoms with Crippen molar-refractivity contribution in [2.24, 2.45) is 5.41 Å². The molecule has 0 aliphatic carbocycles. The highest BCUT2D eigenvalue weighted by atomic mass is 35.5. The number of hydrogen-bond donors (Lipinski definition) is 4. The Morgan fingerprint density at radius 2 is 2.03 bits per heavy atom. The van der Waals surface area contributed by atoms with Crippen molar-refractivity contribution in [3.63, 3.8) is 0 Å². The quantitative estimate of drug-likeness (QED) is 0.252. The van der Waals surface area contributed by atoms with Gasteiger partial charge in [0.1, 0.15) is 11.4 Å². The van der Waals surface area contributed by atoms with Gasteiger partial charge in [-0.05, 0) is 48.4 Å². The Bertz CT molecular complexity index is 1550. The first-order chi connectivity index (χ1) is 18.8. The third kappa shape index (κ3) is 5.03. The molecule has 4 heterocycles. The summed E-state index contributed by atoms with van der Waals surface area (Å²) in [7, 11) is 1.75. The number of aliphatic hydroxyl groups excluding tert-OH is 1. The van der Waals surface area contributed by atoms with Crippen molar-refractivity contribution in [2.45, 2.75) is 13.0 Å². The molecule has 2 aliphatic rings. The maximum atomic E-state index is 12.9. The number of ether oxygens (including phenoxy) is 1. The van der Waals surface area contributed by atoms with Crippen LogP contribution in [0.15, 0.2) is 53.5 Å². The Hall–Kier alpha value is -3.37. The number of methoxy groups -OCH3 is 1. The van der Waals surface area contributed by atoms with Gasteiger partial charge in [-0.3, -0.25) is 9.69 Å². The lowest BCUT2D eigenvalue weighted by Gasteiger charge is -2.61. The summed E-state index contributed by atoms with van der Waals surface area (Å²) in [6, 6.07) is 13.2. The summed E-state index contributed by atoms with van der Waals surface area (Å²) >= 11 is 6.08. The van der Waals surface area contributed by atoms with Crippen LogP contribution < -0.4 is 15.8 Å². The monoisotopic (exact) mass is 548 g/mol. The Kier molecular flexibility index (Phi) is 6.84. The van der Waals surface area contributed by atoms with Crippen LogP contribution in [0.25, 0.3) is 22.4 Å². The Morgan fingerprint density at radius 1 is 1.21 bits per heavy atom. The van der Waals surface area contributed by atoms with Crippen LogP contribution >= 0.6 is 11.6 Å². The molecule has 0 bridgehead atoms. The van der Waals surface area contributed by atoms with Gasteiger partial charge in [-0.15, -0.1) is 0 Å². The lowest BCUT2D eigenvalue weighted by atomic mass is 9.72. The molecule has 2 aromatic carbocycles. The summed E-state index contributed by atoms with van der Waals surface area (Å²) in [5, 5.41) is 14.5. The van der Waals surface area contributed by atoms with Crippen LogP contribution in [-0.4, -0.2) is 77.9 Å². The number of hydrogen-bond acceptors (Lipinski definition) is 7. The maximum Gasteiger partial charge on any atom is 0.261 e. The van der Waals surface area contributed by atoms with Gasteiger partial charge < -0.3 is 30.0 Å². The van der Waals surface area contributed by atoms with Gasteiger partial charge >= 0.3 is 0 Å². The molecular weight excluding hydrogens is 516 g/mol. The fourth-order valence-corrected chi connectivity index (χ4v) is 6.10. The zero-order valence-corrected chi connectivity index (χ0v) is 22.9. The second kappa shape index (κ2) is 10.3. The summed E-state index contributed by atoms with van der Waals surface area (Å²) in [6.07, 6.45) is 0.793. The third-order valence-electron chi connectivity index (χ3n) is 7.83. The molecular formula is C29H33ClN6O3. The molecule has 0 saturated carbocycles. The van der Waals surface area contributed by atoms with Crippen molar-refractivity contribution in [1.29, 1.82) is 0 Å². The fourth-order valence-electron chi connectivity index (χ4n) is 5.90. The second-order valence-corrected chi connectivity index (χ2v) is 11.3. The molecule has 1 spiro atoms. The van der Waals surface area contributed by atoms with Crippen LogP contribution in [0.3, 0.4) is 0 Å². The largest absolute Gasteiger partial charge is 0.387 e. The summed E-state index contributed by atoms with van der Waals surface area (Å²) in [5.41, 5.74) is 5.78. The summed E-state index contributed by atoms with van der Waals surface area (Å²) in [6.45, 7) is 8.38. The SMILES string of the molecule is COCCN1CC2(C1)CN(c1cc(C)c3nc(-c4c(NC[C@H](O)c5cccc(Cl)c5)cc[nH]c4=O)[nH]c3c1)C2. The Labute approximate surface area is 231 Å². The number of anilines is 2. The molecule has 2 fully saturated rings. The molecule has 4 aromatic rings. The minimum Gasteiger partial charge on any atom is -0.387 e. The minimum absolute atomic E-state index is 0.208. The van der Waals surface area contributed by atoms with Gasteiger partial charge in [-0.1, -0.05) is 23.7 Å². The molecule has 0 unspecified atom stereocenters. The number of aromatic nitrogens is 3. The zero-order chi connectivity index (χ0) is 27.1. The van der Waals surface area contributed by atoms with E-state index < -0.39 is 6.10 Å². The Morgan fingerprint density at radius 3 is 2.79 bits per heavy atom. The number of pyridine rings is 1. The van der Waals surface area contributed by atoms with Crippen molar-refractivity contribution in [3.8, 4) is 11.4 Å². The average Bonchev–Trinajstić information content (AvgIpc) is 3.29. The smallest absolute Gasteiger partial charge is 0.261 e. The number of fused-ring (bicyclic) bond motifs is 1. The van der Waals surface area contributed by atoms with Gasteiger partial charge in [-0.25, -0.2) is 4.98 Å². The minimum atomic E-state index is -0.793. The van der Waals surface area contributed by atoms with Crippen LogP contribution in [-0.2, 0) is 4.74 Å². The number of nitrogens with one attached hydrogen (secondary N) is 3. The van der Waals surface area contributed by atoms with E-state index >= 15 is 0 Å². The van der Waals surface area contributed by atoms with E-state index in [1.807, 2.05) is 6.07 Å². The molecule has 0 amide bonds. The molecule has 6 rings (SSSR count). The molecule has 204 valence electrons. The number of benzene rings is 2. The predicted octanol–water partition coefficient (Wildman–Crippen LogP) is 3.79. The van der Waals surface area contributed by atoms with E-state index in [0.29, 0.717) is 33.1 Å². The zero-order valence-electron chi connectivity index (χ0n) is 22.1. The summed E-state index contributed by atoms with van der Waals surface area (Å²) in [4.78, 5) is 28.8. The topological polar surface area (TPSA) is 110 Å². The first-order valence-electron chi connectivity index (χ1n) is 13.2. The highest BCUT2D eigenvalue weighted by Gasteiger charge is 2.51. The first kappa shape index (κ1) is 25.9. The van der Waals surface area contributed by atoms with E-state index in [1.165, 1.54) is 5.69 Å². The lowest BCUT2D eigenvalue weighted by molar-refractivity contribution is -0.0327. The molecule has 10 heteroatoms. The lowest BCUT2D eigenvalue weighted by Crippen LogP contribution is -2.72. The van der Waals surface area contributed by atoms with Crippen LogP contribution in [0.5, 0.6) is 0 Å². The number of nitrogens with zero attached hydrogens (tertiary/aromatic N) is 3. The highest BCUT2D eigenvalue weighted by Crippen LogP contribution is 2.42. The molecule has 4 N–H and O–H groups in total. The van der Waals surface area contributed by atoms with Gasteiger partial charge in [0.15, 0.2) is 0 Å². The molecule has 1 atom stereocenters. The standard InChI is InChI=1S/C29H33ClN6O3/c1-18-10-21(36-16-29(17-36)14-35(15-29)8-9-39-2)12-23-26(18)34-27(33-23)25-22(6-7-31-28(25)38)32-13-24(37)19-4-3-5-20(30)11-19/h3-7,10-12,24,37H,8-9,13-17H2,1-2H3,(H,33,34)(H2,31,32,38)/t24-/m0/s1.